The van der Waals surface area contributed by atoms with Gasteiger partial charge in [0, 0.05) is 17.4 Å². The predicted octanol–water partition coefficient (Wildman–Crippen LogP) is 2.32. The Hall–Kier alpha value is -1.74. The van der Waals surface area contributed by atoms with Crippen LogP contribution in [0, 0.1) is 0 Å². The molecule has 2 aromatic carbocycles. The molecule has 142 valence electrons. The molecule has 10 heteroatoms. The first-order valence-corrected chi connectivity index (χ1v) is 10.5. The van der Waals surface area contributed by atoms with Gasteiger partial charge >= 0.3 is 6.80 Å². The molecule has 0 heterocycles. The van der Waals surface area contributed by atoms with E-state index < -0.39 is 35.6 Å². The van der Waals surface area contributed by atoms with Crippen molar-refractivity contribution in [1.82, 2.24) is 0 Å². The lowest BCUT2D eigenvalue weighted by Gasteiger charge is -2.28. The van der Waals surface area contributed by atoms with Gasteiger partial charge in [-0.3, -0.25) is 0 Å². The van der Waals surface area contributed by atoms with E-state index in [1.54, 1.807) is 19.1 Å². The number of phenolic OH excluding ortho intramolecular Hbond substituents is 3. The van der Waals surface area contributed by atoms with Crippen LogP contribution in [0.25, 0.3) is 0 Å². The summed E-state index contributed by atoms with van der Waals surface area (Å²) in [5, 5.41) is 50.0. The first-order chi connectivity index (χ1) is 11.9. The highest BCUT2D eigenvalue weighted by molar-refractivity contribution is 8.54. The zero-order valence-electron chi connectivity index (χ0n) is 13.6. The van der Waals surface area contributed by atoms with E-state index in [1.807, 2.05) is 0 Å². The van der Waals surface area contributed by atoms with Gasteiger partial charge in [0.15, 0.2) is 5.79 Å². The molecular weight excluding hydrogens is 383 g/mol. The summed E-state index contributed by atoms with van der Waals surface area (Å²) in [6, 6.07) is 7.86. The Morgan fingerprint density at radius 1 is 1.04 bits per heavy atom. The highest BCUT2D eigenvalue weighted by Crippen LogP contribution is 2.58. The molecule has 0 aromatic heterocycles. The van der Waals surface area contributed by atoms with Crippen molar-refractivity contribution in [2.75, 3.05) is 0 Å². The topological polar surface area (TPSA) is 159 Å². The van der Waals surface area contributed by atoms with E-state index in [0.29, 0.717) is 5.56 Å². The monoisotopic (exact) mass is 402 g/mol. The number of aromatic hydroxyl groups is 3. The SMILES string of the molecule is CC(CC(O)(O)c1c(O)cc(O)cc1SP(=O)(O)O)c1ccc(O)cc1. The number of rotatable bonds is 6. The summed E-state index contributed by atoms with van der Waals surface area (Å²) in [4.78, 5) is 18.0. The summed E-state index contributed by atoms with van der Waals surface area (Å²) in [5.74, 6) is -4.20. The Morgan fingerprint density at radius 2 is 1.62 bits per heavy atom. The normalized spacial score (nSPS) is 13.6. The summed E-state index contributed by atoms with van der Waals surface area (Å²) in [6.45, 7) is -3.00. The lowest BCUT2D eigenvalue weighted by Crippen LogP contribution is -2.28. The largest absolute Gasteiger partial charge is 0.508 e. The average molecular weight is 402 g/mol. The highest BCUT2D eigenvalue weighted by atomic mass is 32.7. The van der Waals surface area contributed by atoms with Crippen LogP contribution in [0.4, 0.5) is 0 Å². The predicted molar refractivity (Wildman–Crippen MR) is 94.9 cm³/mol. The Kier molecular flexibility index (Phi) is 5.92. The first-order valence-electron chi connectivity index (χ1n) is 7.44. The van der Waals surface area contributed by atoms with Gasteiger partial charge in [0.1, 0.15) is 17.2 Å². The molecule has 0 radical (unpaired) electrons. The number of hydrogen-bond donors (Lipinski definition) is 7. The molecule has 0 saturated carbocycles. The van der Waals surface area contributed by atoms with Crippen molar-refractivity contribution in [2.24, 2.45) is 0 Å². The fraction of sp³-hybridized carbons (Fsp3) is 0.250. The standard InChI is InChI=1S/C16H19O8PS/c1-9(10-2-4-11(17)5-3-10)8-16(20,21)15-13(19)6-12(18)7-14(15)26-25(22,23)24/h2-7,9,17-21H,8H2,1H3,(H2,22,23,24). The minimum Gasteiger partial charge on any atom is -0.508 e. The van der Waals surface area contributed by atoms with Crippen LogP contribution in [-0.2, 0) is 10.4 Å². The molecule has 0 saturated heterocycles. The van der Waals surface area contributed by atoms with Crippen molar-refractivity contribution in [3.8, 4) is 17.2 Å². The fourth-order valence-corrected chi connectivity index (χ4v) is 4.63. The van der Waals surface area contributed by atoms with Gasteiger partial charge in [0.2, 0.25) is 0 Å². The van der Waals surface area contributed by atoms with Crippen LogP contribution in [0.1, 0.15) is 30.4 Å². The van der Waals surface area contributed by atoms with E-state index in [9.17, 15) is 30.1 Å². The van der Waals surface area contributed by atoms with Crippen LogP contribution in [0.5, 0.6) is 17.2 Å². The van der Waals surface area contributed by atoms with E-state index in [-0.39, 0.29) is 28.4 Å². The van der Waals surface area contributed by atoms with Crippen molar-refractivity contribution >= 4 is 18.2 Å². The minimum absolute atomic E-state index is 0.00103. The van der Waals surface area contributed by atoms with Gasteiger partial charge in [-0.1, -0.05) is 19.1 Å². The second-order valence-corrected chi connectivity index (χ2v) is 9.51. The molecule has 2 aromatic rings. The van der Waals surface area contributed by atoms with Gasteiger partial charge in [-0.15, -0.1) is 0 Å². The Balaban J connectivity index is 2.41. The summed E-state index contributed by atoms with van der Waals surface area (Å²) >= 11 is 0.00103. The molecule has 26 heavy (non-hydrogen) atoms. The van der Waals surface area contributed by atoms with Crippen molar-refractivity contribution in [3.05, 3.63) is 47.5 Å². The summed E-state index contributed by atoms with van der Waals surface area (Å²) in [5.41, 5.74) is 0.173. The lowest BCUT2D eigenvalue weighted by molar-refractivity contribution is -0.180. The minimum atomic E-state index is -4.68. The molecule has 1 unspecified atom stereocenters. The van der Waals surface area contributed by atoms with Crippen LogP contribution in [0.15, 0.2) is 41.3 Å². The van der Waals surface area contributed by atoms with Crippen LogP contribution in [0.2, 0.25) is 0 Å². The molecule has 2 rings (SSSR count). The summed E-state index contributed by atoms with van der Waals surface area (Å²) in [7, 11) is 0. The van der Waals surface area contributed by atoms with E-state index in [1.165, 1.54) is 12.1 Å². The molecule has 0 amide bonds. The maximum atomic E-state index is 11.3. The summed E-state index contributed by atoms with van der Waals surface area (Å²) < 4.78 is 11.3. The van der Waals surface area contributed by atoms with Crippen molar-refractivity contribution in [2.45, 2.75) is 29.9 Å². The number of hydrogen-bond acceptors (Lipinski definition) is 7. The number of benzene rings is 2. The molecule has 0 fully saturated rings. The average Bonchev–Trinajstić information content (AvgIpc) is 2.44. The van der Waals surface area contributed by atoms with Crippen LogP contribution in [-0.4, -0.2) is 35.3 Å². The molecule has 8 nitrogen and oxygen atoms in total. The third-order valence-electron chi connectivity index (χ3n) is 3.74. The molecule has 0 aliphatic heterocycles. The number of phenols is 3. The molecule has 7 N–H and O–H groups in total. The maximum Gasteiger partial charge on any atom is 0.388 e. The second kappa shape index (κ2) is 7.48. The quantitative estimate of drug-likeness (QED) is 0.284. The lowest BCUT2D eigenvalue weighted by atomic mass is 9.89. The zero-order chi connectivity index (χ0) is 19.7. The smallest absolute Gasteiger partial charge is 0.388 e. The van der Waals surface area contributed by atoms with E-state index in [0.717, 1.165) is 12.1 Å². The van der Waals surface area contributed by atoms with Crippen LogP contribution in [0.3, 0.4) is 0 Å². The fourth-order valence-electron chi connectivity index (χ4n) is 2.64. The molecule has 0 spiro atoms. The molecule has 0 aliphatic carbocycles. The number of aliphatic hydroxyl groups is 2. The van der Waals surface area contributed by atoms with Gasteiger partial charge in [0.05, 0.1) is 5.56 Å². The first kappa shape index (κ1) is 20.6. The van der Waals surface area contributed by atoms with Gasteiger partial charge in [0.25, 0.3) is 0 Å². The molecule has 1 atom stereocenters. The summed E-state index contributed by atoms with van der Waals surface area (Å²) in [6.07, 6.45) is -0.315. The Labute approximate surface area is 153 Å². The van der Waals surface area contributed by atoms with Gasteiger partial charge in [-0.2, -0.15) is 0 Å². The Bertz CT molecular complexity index is 831. The third-order valence-corrected chi connectivity index (χ3v) is 5.80. The van der Waals surface area contributed by atoms with Gasteiger partial charge in [-0.05, 0) is 41.1 Å². The van der Waals surface area contributed by atoms with E-state index in [4.69, 9.17) is 9.79 Å². The molecule has 0 aliphatic rings. The van der Waals surface area contributed by atoms with E-state index in [2.05, 4.69) is 0 Å². The third kappa shape index (κ3) is 5.14. The van der Waals surface area contributed by atoms with E-state index >= 15 is 0 Å². The molecule has 0 bridgehead atoms. The van der Waals surface area contributed by atoms with Crippen molar-refractivity contribution in [1.29, 1.82) is 0 Å². The van der Waals surface area contributed by atoms with Crippen LogP contribution >= 0.6 is 18.2 Å². The zero-order valence-corrected chi connectivity index (χ0v) is 15.4. The van der Waals surface area contributed by atoms with Crippen molar-refractivity contribution < 1.29 is 39.9 Å². The van der Waals surface area contributed by atoms with Gasteiger partial charge in [-0.25, -0.2) is 4.57 Å². The highest BCUT2D eigenvalue weighted by Gasteiger charge is 2.36. The maximum absolute atomic E-state index is 11.3. The molecular formula is C16H19O8PS. The van der Waals surface area contributed by atoms with Gasteiger partial charge < -0.3 is 35.3 Å². The Morgan fingerprint density at radius 3 is 2.15 bits per heavy atom. The second-order valence-electron chi connectivity index (χ2n) is 5.93. The van der Waals surface area contributed by atoms with Crippen molar-refractivity contribution in [3.63, 3.8) is 0 Å². The van der Waals surface area contributed by atoms with Crippen LogP contribution < -0.4 is 0 Å².